The fourth-order valence-electron chi connectivity index (χ4n) is 2.66. The quantitative estimate of drug-likeness (QED) is 0.795. The standard InChI is InChI=1S/C19H20BrFN2O3/c1-13(26-16-5-2-14(20)3-6-16)19(24)22-15-4-7-18(17(21)12-15)23-8-10-25-11-9-23/h2-7,12-13H,8-11H2,1H3,(H,22,24). The van der Waals surface area contributed by atoms with E-state index in [4.69, 9.17) is 9.47 Å². The Labute approximate surface area is 160 Å². The van der Waals surface area contributed by atoms with E-state index in [0.29, 0.717) is 43.4 Å². The topological polar surface area (TPSA) is 50.8 Å². The predicted octanol–water partition coefficient (Wildman–Crippen LogP) is 3.83. The Bertz CT molecular complexity index is 764. The molecule has 1 saturated heterocycles. The van der Waals surface area contributed by atoms with E-state index in [2.05, 4.69) is 21.2 Å². The Kier molecular flexibility index (Phi) is 6.11. The van der Waals surface area contributed by atoms with Gasteiger partial charge in [-0.25, -0.2) is 4.39 Å². The number of morpholine rings is 1. The van der Waals surface area contributed by atoms with Crippen molar-refractivity contribution in [1.82, 2.24) is 0 Å². The number of benzene rings is 2. The molecule has 0 saturated carbocycles. The zero-order chi connectivity index (χ0) is 18.5. The van der Waals surface area contributed by atoms with Crippen molar-refractivity contribution in [2.75, 3.05) is 36.5 Å². The van der Waals surface area contributed by atoms with Gasteiger partial charge in [-0.3, -0.25) is 4.79 Å². The van der Waals surface area contributed by atoms with Crippen LogP contribution < -0.4 is 15.0 Å². The smallest absolute Gasteiger partial charge is 0.265 e. The number of rotatable bonds is 5. The van der Waals surface area contributed by atoms with Gasteiger partial charge in [0.2, 0.25) is 0 Å². The molecule has 1 fully saturated rings. The second kappa shape index (κ2) is 8.51. The van der Waals surface area contributed by atoms with E-state index in [1.165, 1.54) is 6.07 Å². The normalized spacial score (nSPS) is 15.4. The van der Waals surface area contributed by atoms with E-state index >= 15 is 0 Å². The van der Waals surface area contributed by atoms with Crippen molar-refractivity contribution >= 4 is 33.2 Å². The highest BCUT2D eigenvalue weighted by Crippen LogP contribution is 2.24. The first-order valence-electron chi connectivity index (χ1n) is 8.38. The van der Waals surface area contributed by atoms with Gasteiger partial charge in [-0.2, -0.15) is 0 Å². The lowest BCUT2D eigenvalue weighted by Gasteiger charge is -2.29. The summed E-state index contributed by atoms with van der Waals surface area (Å²) in [5, 5.41) is 2.69. The lowest BCUT2D eigenvalue weighted by atomic mass is 10.2. The van der Waals surface area contributed by atoms with Crippen molar-refractivity contribution in [3.8, 4) is 5.75 Å². The molecule has 5 nitrogen and oxygen atoms in total. The number of carbonyl (C=O) groups excluding carboxylic acids is 1. The second-order valence-corrected chi connectivity index (χ2v) is 6.88. The fourth-order valence-corrected chi connectivity index (χ4v) is 2.92. The number of hydrogen-bond donors (Lipinski definition) is 1. The van der Waals surface area contributed by atoms with Crippen LogP contribution in [0, 0.1) is 5.82 Å². The first-order valence-corrected chi connectivity index (χ1v) is 9.17. The number of anilines is 2. The summed E-state index contributed by atoms with van der Waals surface area (Å²) in [4.78, 5) is 14.2. The Morgan fingerprint density at radius 2 is 1.92 bits per heavy atom. The molecule has 0 radical (unpaired) electrons. The molecule has 1 atom stereocenters. The van der Waals surface area contributed by atoms with Crippen molar-refractivity contribution in [3.63, 3.8) is 0 Å². The molecule has 1 amide bonds. The van der Waals surface area contributed by atoms with Crippen molar-refractivity contribution in [1.29, 1.82) is 0 Å². The van der Waals surface area contributed by atoms with Gasteiger partial charge in [-0.15, -0.1) is 0 Å². The minimum atomic E-state index is -0.710. The van der Waals surface area contributed by atoms with Crippen LogP contribution >= 0.6 is 15.9 Å². The maximum Gasteiger partial charge on any atom is 0.265 e. The van der Waals surface area contributed by atoms with E-state index in [-0.39, 0.29) is 11.7 Å². The first-order chi connectivity index (χ1) is 12.5. The number of amides is 1. The van der Waals surface area contributed by atoms with Crippen LogP contribution in [0.2, 0.25) is 0 Å². The number of nitrogens with one attached hydrogen (secondary N) is 1. The van der Waals surface area contributed by atoms with Gasteiger partial charge in [0.15, 0.2) is 6.10 Å². The molecule has 138 valence electrons. The Balaban J connectivity index is 1.61. The molecule has 1 unspecified atom stereocenters. The summed E-state index contributed by atoms with van der Waals surface area (Å²) in [5.41, 5.74) is 0.918. The van der Waals surface area contributed by atoms with Crippen LogP contribution in [-0.4, -0.2) is 38.3 Å². The van der Waals surface area contributed by atoms with Crippen LogP contribution in [0.5, 0.6) is 5.75 Å². The number of carbonyl (C=O) groups is 1. The first kappa shape index (κ1) is 18.7. The summed E-state index contributed by atoms with van der Waals surface area (Å²) >= 11 is 3.35. The summed E-state index contributed by atoms with van der Waals surface area (Å²) in [6.45, 7) is 4.13. The van der Waals surface area contributed by atoms with Crippen molar-refractivity contribution in [2.24, 2.45) is 0 Å². The van der Waals surface area contributed by atoms with Gasteiger partial charge < -0.3 is 19.7 Å². The molecule has 0 spiro atoms. The summed E-state index contributed by atoms with van der Waals surface area (Å²) in [7, 11) is 0. The number of hydrogen-bond acceptors (Lipinski definition) is 4. The van der Waals surface area contributed by atoms with Crippen molar-refractivity contribution < 1.29 is 18.7 Å². The largest absolute Gasteiger partial charge is 0.481 e. The molecule has 2 aromatic carbocycles. The predicted molar refractivity (Wildman–Crippen MR) is 102 cm³/mol. The van der Waals surface area contributed by atoms with Crippen molar-refractivity contribution in [2.45, 2.75) is 13.0 Å². The molecule has 1 N–H and O–H groups in total. The second-order valence-electron chi connectivity index (χ2n) is 5.97. The lowest BCUT2D eigenvalue weighted by molar-refractivity contribution is -0.122. The molecule has 2 aromatic rings. The van der Waals surface area contributed by atoms with Crippen LogP contribution in [-0.2, 0) is 9.53 Å². The Morgan fingerprint density at radius 1 is 1.23 bits per heavy atom. The Hall–Kier alpha value is -2.12. The van der Waals surface area contributed by atoms with Crippen LogP contribution in [0.1, 0.15) is 6.92 Å². The van der Waals surface area contributed by atoms with Gasteiger partial charge in [-0.1, -0.05) is 15.9 Å². The highest BCUT2D eigenvalue weighted by Gasteiger charge is 2.18. The molecule has 0 bridgehead atoms. The number of halogens is 2. The number of nitrogens with zero attached hydrogens (tertiary/aromatic N) is 1. The van der Waals surface area contributed by atoms with Gasteiger partial charge in [0.1, 0.15) is 11.6 Å². The maximum atomic E-state index is 14.4. The summed E-state index contributed by atoms with van der Waals surface area (Å²) in [5.74, 6) is -0.123. The third-order valence-corrected chi connectivity index (χ3v) is 4.59. The Morgan fingerprint density at radius 3 is 2.58 bits per heavy atom. The molecular formula is C19H20BrFN2O3. The summed E-state index contributed by atoms with van der Waals surface area (Å²) in [6.07, 6.45) is -0.710. The highest BCUT2D eigenvalue weighted by atomic mass is 79.9. The lowest BCUT2D eigenvalue weighted by Crippen LogP contribution is -2.36. The van der Waals surface area contributed by atoms with E-state index < -0.39 is 6.10 Å². The van der Waals surface area contributed by atoms with Crippen LogP contribution in [0.4, 0.5) is 15.8 Å². The van der Waals surface area contributed by atoms with E-state index in [1.54, 1.807) is 31.2 Å². The SMILES string of the molecule is CC(Oc1ccc(Br)cc1)C(=O)Nc1ccc(N2CCOCC2)c(F)c1. The summed E-state index contributed by atoms with van der Waals surface area (Å²) < 4.78 is 26.2. The molecule has 3 rings (SSSR count). The van der Waals surface area contributed by atoms with Gasteiger partial charge in [0, 0.05) is 23.2 Å². The summed E-state index contributed by atoms with van der Waals surface area (Å²) in [6, 6.07) is 11.9. The van der Waals surface area contributed by atoms with Gasteiger partial charge in [-0.05, 0) is 49.4 Å². The molecule has 1 aliphatic heterocycles. The highest BCUT2D eigenvalue weighted by molar-refractivity contribution is 9.10. The molecule has 1 heterocycles. The van der Waals surface area contributed by atoms with E-state index in [9.17, 15) is 9.18 Å². The average Bonchev–Trinajstić information content (AvgIpc) is 2.64. The van der Waals surface area contributed by atoms with Crippen LogP contribution in [0.15, 0.2) is 46.9 Å². The molecule has 1 aliphatic rings. The minimum absolute atomic E-state index is 0.341. The molecule has 26 heavy (non-hydrogen) atoms. The molecule has 7 heteroatoms. The molecule has 0 aromatic heterocycles. The third-order valence-electron chi connectivity index (χ3n) is 4.06. The average molecular weight is 423 g/mol. The molecular weight excluding hydrogens is 403 g/mol. The van der Waals surface area contributed by atoms with Gasteiger partial charge in [0.05, 0.1) is 18.9 Å². The third kappa shape index (κ3) is 4.74. The van der Waals surface area contributed by atoms with Crippen LogP contribution in [0.25, 0.3) is 0 Å². The van der Waals surface area contributed by atoms with Gasteiger partial charge >= 0.3 is 0 Å². The zero-order valence-electron chi connectivity index (χ0n) is 14.4. The molecule has 0 aliphatic carbocycles. The maximum absolute atomic E-state index is 14.4. The monoisotopic (exact) mass is 422 g/mol. The van der Waals surface area contributed by atoms with Crippen molar-refractivity contribution in [3.05, 3.63) is 52.8 Å². The van der Waals surface area contributed by atoms with Gasteiger partial charge in [0.25, 0.3) is 5.91 Å². The van der Waals surface area contributed by atoms with E-state index in [1.807, 2.05) is 17.0 Å². The fraction of sp³-hybridized carbons (Fsp3) is 0.316. The zero-order valence-corrected chi connectivity index (χ0v) is 16.0. The van der Waals surface area contributed by atoms with E-state index in [0.717, 1.165) is 4.47 Å². The minimum Gasteiger partial charge on any atom is -0.481 e. The van der Waals surface area contributed by atoms with Crippen LogP contribution in [0.3, 0.4) is 0 Å². The number of ether oxygens (including phenoxy) is 2.